The predicted molar refractivity (Wildman–Crippen MR) is 180 cm³/mol. The molecule has 2 atom stereocenters. The van der Waals surface area contributed by atoms with Crippen molar-refractivity contribution in [2.24, 2.45) is 0 Å². The fourth-order valence-corrected chi connectivity index (χ4v) is 8.04. The highest BCUT2D eigenvalue weighted by Crippen LogP contribution is 2.53. The van der Waals surface area contributed by atoms with Crippen LogP contribution in [-0.4, -0.2) is 65.3 Å². The lowest BCUT2D eigenvalue weighted by Gasteiger charge is -2.30. The molecule has 0 spiro atoms. The van der Waals surface area contributed by atoms with Crippen LogP contribution in [0.1, 0.15) is 32.8 Å². The Kier molecular flexibility index (Phi) is 10.7. The highest BCUT2D eigenvalue weighted by molar-refractivity contribution is 7.92. The number of benzene rings is 4. The number of methoxy groups -OCH3 is 8. The number of nitrogen functional groups attached to an aromatic ring is 2. The summed E-state index contributed by atoms with van der Waals surface area (Å²) in [5.74, 6) is 2.33. The SMILES string of the molecule is COc1cc(OC)c(C(c2ccc(OC)c(N)c2)S(=O)(=O)C(c2ccc(OC)c(N)c2)c2c(OC)cc(OC)cc2OC)c(OC)c1. The average molecular weight is 669 g/mol. The Morgan fingerprint density at radius 1 is 0.447 bits per heavy atom. The number of anilines is 2. The van der Waals surface area contributed by atoms with E-state index in [0.717, 1.165) is 0 Å². The molecule has 0 saturated heterocycles. The zero-order valence-corrected chi connectivity index (χ0v) is 28.4. The maximum Gasteiger partial charge on any atom is 0.173 e. The fraction of sp³-hybridized carbons (Fsp3) is 0.294. The molecule has 0 heterocycles. The summed E-state index contributed by atoms with van der Waals surface area (Å²) in [6.45, 7) is 0. The summed E-state index contributed by atoms with van der Waals surface area (Å²) in [6, 6.07) is 15.9. The molecule has 47 heavy (non-hydrogen) atoms. The Labute approximate surface area is 274 Å². The summed E-state index contributed by atoms with van der Waals surface area (Å²) in [7, 11) is 7.13. The van der Waals surface area contributed by atoms with Gasteiger partial charge >= 0.3 is 0 Å². The van der Waals surface area contributed by atoms with Gasteiger partial charge in [-0.05, 0) is 35.4 Å². The first-order chi connectivity index (χ1) is 22.5. The van der Waals surface area contributed by atoms with E-state index in [1.165, 1.54) is 56.9 Å². The van der Waals surface area contributed by atoms with Gasteiger partial charge in [0, 0.05) is 24.3 Å². The predicted octanol–water partition coefficient (Wildman–Crippen LogP) is 5.21. The van der Waals surface area contributed by atoms with Gasteiger partial charge in [-0.3, -0.25) is 0 Å². The minimum Gasteiger partial charge on any atom is -0.496 e. The number of hydrogen-bond donors (Lipinski definition) is 2. The van der Waals surface area contributed by atoms with E-state index in [9.17, 15) is 0 Å². The Morgan fingerprint density at radius 2 is 0.745 bits per heavy atom. The van der Waals surface area contributed by atoms with Crippen molar-refractivity contribution >= 4 is 21.2 Å². The van der Waals surface area contributed by atoms with Crippen LogP contribution in [0.3, 0.4) is 0 Å². The number of sulfone groups is 1. The smallest absolute Gasteiger partial charge is 0.173 e. The first-order valence-electron chi connectivity index (χ1n) is 14.2. The van der Waals surface area contributed by atoms with Gasteiger partial charge in [-0.25, -0.2) is 8.42 Å². The third-order valence-electron chi connectivity index (χ3n) is 7.80. The van der Waals surface area contributed by atoms with E-state index in [-0.39, 0.29) is 45.5 Å². The molecule has 12 nitrogen and oxygen atoms in total. The molecule has 0 aliphatic carbocycles. The van der Waals surface area contributed by atoms with E-state index < -0.39 is 20.3 Å². The maximum atomic E-state index is 15.7. The highest BCUT2D eigenvalue weighted by atomic mass is 32.2. The first kappa shape index (κ1) is 34.7. The van der Waals surface area contributed by atoms with Crippen molar-refractivity contribution in [3.05, 3.63) is 82.9 Å². The molecule has 4 rings (SSSR count). The molecule has 0 fully saturated rings. The van der Waals surface area contributed by atoms with Crippen molar-refractivity contribution in [1.29, 1.82) is 0 Å². The van der Waals surface area contributed by atoms with E-state index >= 15 is 8.42 Å². The molecule has 0 amide bonds. The monoisotopic (exact) mass is 668 g/mol. The normalized spacial score (nSPS) is 12.4. The van der Waals surface area contributed by atoms with E-state index in [1.54, 1.807) is 60.7 Å². The van der Waals surface area contributed by atoms with Crippen LogP contribution in [0, 0.1) is 0 Å². The van der Waals surface area contributed by atoms with Crippen LogP contribution in [0.5, 0.6) is 46.0 Å². The Balaban J connectivity index is 2.21. The molecule has 4 N–H and O–H groups in total. The third-order valence-corrected chi connectivity index (χ3v) is 10.1. The van der Waals surface area contributed by atoms with Crippen molar-refractivity contribution < 1.29 is 46.3 Å². The summed E-state index contributed by atoms with van der Waals surface area (Å²) in [4.78, 5) is 0. The van der Waals surface area contributed by atoms with Crippen LogP contribution in [0.25, 0.3) is 0 Å². The quantitative estimate of drug-likeness (QED) is 0.169. The lowest BCUT2D eigenvalue weighted by Crippen LogP contribution is -2.25. The molecule has 0 aliphatic rings. The second kappa shape index (κ2) is 14.5. The summed E-state index contributed by atoms with van der Waals surface area (Å²) < 4.78 is 76.2. The third kappa shape index (κ3) is 6.57. The zero-order chi connectivity index (χ0) is 34.5. The van der Waals surface area contributed by atoms with Gasteiger partial charge in [-0.1, -0.05) is 12.1 Å². The Morgan fingerprint density at radius 3 is 0.979 bits per heavy atom. The molecule has 0 aliphatic heterocycles. The molecule has 252 valence electrons. The second-order valence-corrected chi connectivity index (χ2v) is 12.4. The number of ether oxygens (including phenoxy) is 8. The average Bonchev–Trinajstić information content (AvgIpc) is 3.08. The lowest BCUT2D eigenvalue weighted by atomic mass is 10.00. The van der Waals surface area contributed by atoms with Gasteiger partial charge in [0.05, 0.1) is 79.4 Å². The molecular weight excluding hydrogens is 628 g/mol. The molecule has 0 aromatic heterocycles. The van der Waals surface area contributed by atoms with Crippen molar-refractivity contribution in [2.75, 3.05) is 68.3 Å². The van der Waals surface area contributed by atoms with Gasteiger partial charge in [-0.2, -0.15) is 0 Å². The van der Waals surface area contributed by atoms with Crippen LogP contribution < -0.4 is 49.4 Å². The number of hydrogen-bond acceptors (Lipinski definition) is 12. The van der Waals surface area contributed by atoms with Crippen molar-refractivity contribution in [3.8, 4) is 46.0 Å². The second-order valence-electron chi connectivity index (χ2n) is 10.2. The van der Waals surface area contributed by atoms with Crippen LogP contribution in [0.4, 0.5) is 11.4 Å². The zero-order valence-electron chi connectivity index (χ0n) is 27.6. The topological polar surface area (TPSA) is 160 Å². The first-order valence-corrected chi connectivity index (χ1v) is 15.8. The van der Waals surface area contributed by atoms with Crippen LogP contribution >= 0.6 is 0 Å². The molecule has 0 saturated carbocycles. The Bertz CT molecular complexity index is 1670. The van der Waals surface area contributed by atoms with Crippen molar-refractivity contribution in [3.63, 3.8) is 0 Å². The minimum atomic E-state index is -4.51. The summed E-state index contributed by atoms with van der Waals surface area (Å²) in [5.41, 5.74) is 14.2. The summed E-state index contributed by atoms with van der Waals surface area (Å²) in [6.07, 6.45) is 0. The van der Waals surface area contributed by atoms with E-state index in [4.69, 9.17) is 49.4 Å². The molecule has 4 aromatic rings. The van der Waals surface area contributed by atoms with E-state index in [0.29, 0.717) is 34.1 Å². The van der Waals surface area contributed by atoms with Gasteiger partial charge in [0.25, 0.3) is 0 Å². The van der Waals surface area contributed by atoms with E-state index in [2.05, 4.69) is 0 Å². The van der Waals surface area contributed by atoms with Gasteiger partial charge in [-0.15, -0.1) is 0 Å². The van der Waals surface area contributed by atoms with Crippen molar-refractivity contribution in [2.45, 2.75) is 10.5 Å². The maximum absolute atomic E-state index is 15.7. The van der Waals surface area contributed by atoms with Gasteiger partial charge in [0.1, 0.15) is 56.5 Å². The largest absolute Gasteiger partial charge is 0.496 e. The van der Waals surface area contributed by atoms with Gasteiger partial charge in [0.15, 0.2) is 9.84 Å². The molecule has 4 aromatic carbocycles. The standard InChI is InChI=1S/C34H40N2O10S/c1-39-21-15-27(43-5)31(28(16-21)44-6)33(19-9-11-25(41-3)23(35)13-19)47(37,38)34(20-10-12-26(42-4)24(36)14-20)32-29(45-7)17-22(40-2)18-30(32)46-8/h9-18,33-34H,35-36H2,1-8H3. The molecule has 13 heteroatoms. The Hall–Kier alpha value is -5.17. The number of rotatable bonds is 14. The van der Waals surface area contributed by atoms with Crippen LogP contribution in [0.2, 0.25) is 0 Å². The number of nitrogens with two attached hydrogens (primary N) is 2. The molecular formula is C34H40N2O10S. The highest BCUT2D eigenvalue weighted by Gasteiger charge is 2.44. The molecule has 2 unspecified atom stereocenters. The molecule has 0 bridgehead atoms. The lowest BCUT2D eigenvalue weighted by molar-refractivity contribution is 0.367. The van der Waals surface area contributed by atoms with Gasteiger partial charge in [0.2, 0.25) is 0 Å². The van der Waals surface area contributed by atoms with Crippen molar-refractivity contribution in [1.82, 2.24) is 0 Å². The van der Waals surface area contributed by atoms with E-state index in [1.807, 2.05) is 0 Å². The minimum absolute atomic E-state index is 0.200. The van der Waals surface area contributed by atoms with Crippen LogP contribution in [-0.2, 0) is 9.84 Å². The summed E-state index contributed by atoms with van der Waals surface area (Å²) in [5, 5.41) is -2.90. The van der Waals surface area contributed by atoms with Gasteiger partial charge < -0.3 is 49.4 Å². The molecule has 0 radical (unpaired) electrons. The van der Waals surface area contributed by atoms with Crippen LogP contribution in [0.15, 0.2) is 60.7 Å². The fourth-order valence-electron chi connectivity index (χ4n) is 5.59. The summed E-state index contributed by atoms with van der Waals surface area (Å²) >= 11 is 0.